The first-order chi connectivity index (χ1) is 6.27. The summed E-state index contributed by atoms with van der Waals surface area (Å²) in [5, 5.41) is 8.87. The average Bonchev–Trinajstić information content (AvgIpc) is 2.16. The van der Waals surface area contributed by atoms with Crippen molar-refractivity contribution in [1.82, 2.24) is 0 Å². The lowest BCUT2D eigenvalue weighted by Gasteiger charge is -2.07. The van der Waals surface area contributed by atoms with Crippen LogP contribution in [0.25, 0.3) is 0 Å². The highest BCUT2D eigenvalue weighted by molar-refractivity contribution is 9.10. The van der Waals surface area contributed by atoms with Crippen molar-refractivity contribution in [1.29, 1.82) is 0 Å². The van der Waals surface area contributed by atoms with Gasteiger partial charge in [-0.15, -0.1) is 0 Å². The number of benzene rings is 1. The minimum atomic E-state index is 0.0622. The van der Waals surface area contributed by atoms with Crippen molar-refractivity contribution in [2.75, 3.05) is 6.61 Å². The van der Waals surface area contributed by atoms with Gasteiger partial charge in [-0.05, 0) is 40.0 Å². The summed E-state index contributed by atoms with van der Waals surface area (Å²) in [5.74, 6) is 0.832. The Morgan fingerprint density at radius 2 is 2.23 bits per heavy atom. The van der Waals surface area contributed by atoms with Gasteiger partial charge in [-0.1, -0.05) is 13.0 Å². The van der Waals surface area contributed by atoms with Crippen LogP contribution in [0.3, 0.4) is 0 Å². The zero-order chi connectivity index (χ0) is 9.68. The quantitative estimate of drug-likeness (QED) is 0.883. The van der Waals surface area contributed by atoms with Gasteiger partial charge in [0, 0.05) is 0 Å². The molecule has 0 aliphatic rings. The van der Waals surface area contributed by atoms with Gasteiger partial charge in [0.1, 0.15) is 5.75 Å². The molecular weight excluding hydrogens is 232 g/mol. The van der Waals surface area contributed by atoms with Crippen molar-refractivity contribution in [2.24, 2.45) is 0 Å². The Morgan fingerprint density at radius 3 is 2.77 bits per heavy atom. The molecule has 1 aromatic rings. The first-order valence-electron chi connectivity index (χ1n) is 4.30. The lowest BCUT2D eigenvalue weighted by Crippen LogP contribution is -1.96. The standard InChI is InChI=1S/C10H13BrO2/c1-2-5-13-10-4-3-8(7-12)6-9(10)11/h3-4,6,12H,2,5,7H2,1H3. The van der Waals surface area contributed by atoms with Gasteiger partial charge in [0.15, 0.2) is 0 Å². The maximum absolute atomic E-state index is 8.87. The summed E-state index contributed by atoms with van der Waals surface area (Å²) < 4.78 is 6.35. The molecule has 0 radical (unpaired) electrons. The van der Waals surface area contributed by atoms with E-state index in [2.05, 4.69) is 22.9 Å². The van der Waals surface area contributed by atoms with E-state index in [1.165, 1.54) is 0 Å². The molecule has 0 saturated carbocycles. The molecule has 72 valence electrons. The fourth-order valence-corrected chi connectivity index (χ4v) is 1.51. The summed E-state index contributed by atoms with van der Waals surface area (Å²) in [6.07, 6.45) is 0.994. The van der Waals surface area contributed by atoms with Crippen LogP contribution in [-0.2, 0) is 6.61 Å². The van der Waals surface area contributed by atoms with Gasteiger partial charge in [-0.2, -0.15) is 0 Å². The van der Waals surface area contributed by atoms with Crippen molar-refractivity contribution in [3.8, 4) is 5.75 Å². The molecular formula is C10H13BrO2. The van der Waals surface area contributed by atoms with Crippen LogP contribution in [0.1, 0.15) is 18.9 Å². The summed E-state index contributed by atoms with van der Waals surface area (Å²) in [6, 6.07) is 5.59. The topological polar surface area (TPSA) is 29.5 Å². The van der Waals surface area contributed by atoms with Gasteiger partial charge in [-0.3, -0.25) is 0 Å². The fraction of sp³-hybridized carbons (Fsp3) is 0.400. The first-order valence-corrected chi connectivity index (χ1v) is 5.09. The Morgan fingerprint density at radius 1 is 1.46 bits per heavy atom. The van der Waals surface area contributed by atoms with Crippen LogP contribution in [-0.4, -0.2) is 11.7 Å². The van der Waals surface area contributed by atoms with E-state index in [0.717, 1.165) is 28.8 Å². The van der Waals surface area contributed by atoms with Gasteiger partial charge in [0.2, 0.25) is 0 Å². The summed E-state index contributed by atoms with van der Waals surface area (Å²) in [6.45, 7) is 2.85. The number of hydrogen-bond donors (Lipinski definition) is 1. The molecule has 0 amide bonds. The van der Waals surface area contributed by atoms with Crippen LogP contribution >= 0.6 is 15.9 Å². The van der Waals surface area contributed by atoms with E-state index in [-0.39, 0.29) is 6.61 Å². The summed E-state index contributed by atoms with van der Waals surface area (Å²) in [4.78, 5) is 0. The van der Waals surface area contributed by atoms with Gasteiger partial charge < -0.3 is 9.84 Å². The summed E-state index contributed by atoms with van der Waals surface area (Å²) in [7, 11) is 0. The Hall–Kier alpha value is -0.540. The van der Waals surface area contributed by atoms with Gasteiger partial charge in [-0.25, -0.2) is 0 Å². The van der Waals surface area contributed by atoms with Crippen LogP contribution in [0.15, 0.2) is 22.7 Å². The second kappa shape index (κ2) is 5.25. The SMILES string of the molecule is CCCOc1ccc(CO)cc1Br. The van der Waals surface area contributed by atoms with Gasteiger partial charge >= 0.3 is 0 Å². The number of hydrogen-bond acceptors (Lipinski definition) is 2. The monoisotopic (exact) mass is 244 g/mol. The van der Waals surface area contributed by atoms with Crippen LogP contribution in [0.4, 0.5) is 0 Å². The van der Waals surface area contributed by atoms with Crippen molar-refractivity contribution in [3.63, 3.8) is 0 Å². The van der Waals surface area contributed by atoms with Crippen LogP contribution < -0.4 is 4.74 Å². The minimum absolute atomic E-state index is 0.0622. The molecule has 0 heterocycles. The number of halogens is 1. The van der Waals surface area contributed by atoms with Gasteiger partial charge in [0.25, 0.3) is 0 Å². The van der Waals surface area contributed by atoms with E-state index in [4.69, 9.17) is 9.84 Å². The fourth-order valence-electron chi connectivity index (χ4n) is 0.972. The van der Waals surface area contributed by atoms with Crippen molar-refractivity contribution in [2.45, 2.75) is 20.0 Å². The molecule has 0 fully saturated rings. The molecule has 0 aromatic heterocycles. The van der Waals surface area contributed by atoms with E-state index in [9.17, 15) is 0 Å². The van der Waals surface area contributed by atoms with Gasteiger partial charge in [0.05, 0.1) is 17.7 Å². The number of rotatable bonds is 4. The zero-order valence-corrected chi connectivity index (χ0v) is 9.17. The van der Waals surface area contributed by atoms with E-state index in [1.54, 1.807) is 0 Å². The largest absolute Gasteiger partial charge is 0.492 e. The molecule has 3 heteroatoms. The van der Waals surface area contributed by atoms with Crippen molar-refractivity contribution < 1.29 is 9.84 Å². The van der Waals surface area contributed by atoms with E-state index >= 15 is 0 Å². The Kier molecular flexibility index (Phi) is 4.25. The van der Waals surface area contributed by atoms with Crippen LogP contribution in [0.2, 0.25) is 0 Å². The second-order valence-corrected chi connectivity index (χ2v) is 3.63. The Labute approximate surface area is 86.7 Å². The zero-order valence-electron chi connectivity index (χ0n) is 7.59. The van der Waals surface area contributed by atoms with Crippen LogP contribution in [0.5, 0.6) is 5.75 Å². The summed E-state index contributed by atoms with van der Waals surface area (Å²) >= 11 is 3.38. The smallest absolute Gasteiger partial charge is 0.133 e. The molecule has 1 N–H and O–H groups in total. The van der Waals surface area contributed by atoms with Crippen molar-refractivity contribution >= 4 is 15.9 Å². The second-order valence-electron chi connectivity index (χ2n) is 2.77. The summed E-state index contributed by atoms with van der Waals surface area (Å²) in [5.41, 5.74) is 0.885. The predicted octanol–water partition coefficient (Wildman–Crippen LogP) is 2.73. The highest BCUT2D eigenvalue weighted by Gasteiger charge is 2.01. The highest BCUT2D eigenvalue weighted by atomic mass is 79.9. The number of ether oxygens (including phenoxy) is 1. The molecule has 0 saturated heterocycles. The molecule has 13 heavy (non-hydrogen) atoms. The van der Waals surface area contributed by atoms with Crippen LogP contribution in [0, 0.1) is 0 Å². The number of aliphatic hydroxyl groups excluding tert-OH is 1. The molecule has 0 atom stereocenters. The molecule has 1 rings (SSSR count). The molecule has 1 aromatic carbocycles. The molecule has 0 aliphatic carbocycles. The third-order valence-electron chi connectivity index (χ3n) is 1.64. The Balaban J connectivity index is 2.73. The Bertz CT molecular complexity index is 274. The third-order valence-corrected chi connectivity index (χ3v) is 2.26. The van der Waals surface area contributed by atoms with Crippen molar-refractivity contribution in [3.05, 3.63) is 28.2 Å². The lowest BCUT2D eigenvalue weighted by atomic mass is 10.2. The molecule has 0 unspecified atom stereocenters. The molecule has 0 bridgehead atoms. The van der Waals surface area contributed by atoms with E-state index in [1.807, 2.05) is 18.2 Å². The highest BCUT2D eigenvalue weighted by Crippen LogP contribution is 2.26. The normalized spacial score (nSPS) is 10.1. The number of aliphatic hydroxyl groups is 1. The lowest BCUT2D eigenvalue weighted by molar-refractivity contribution is 0.281. The predicted molar refractivity (Wildman–Crippen MR) is 55.9 cm³/mol. The maximum atomic E-state index is 8.87. The van der Waals surface area contributed by atoms with E-state index < -0.39 is 0 Å². The minimum Gasteiger partial charge on any atom is -0.492 e. The molecule has 0 spiro atoms. The van der Waals surface area contributed by atoms with E-state index in [0.29, 0.717) is 0 Å². The molecule has 2 nitrogen and oxygen atoms in total. The maximum Gasteiger partial charge on any atom is 0.133 e. The average molecular weight is 245 g/mol. The third kappa shape index (κ3) is 3.01. The first kappa shape index (κ1) is 10.5. The molecule has 0 aliphatic heterocycles.